The van der Waals surface area contributed by atoms with Crippen molar-refractivity contribution in [2.45, 2.75) is 41.4 Å². The lowest BCUT2D eigenvalue weighted by atomic mass is 9.96. The van der Waals surface area contributed by atoms with E-state index in [1.165, 1.54) is 0 Å². The van der Waals surface area contributed by atoms with Gasteiger partial charge in [0.25, 0.3) is 0 Å². The summed E-state index contributed by atoms with van der Waals surface area (Å²) < 4.78 is 36.1. The molecule has 2 atom stereocenters. The number of sulfonamides is 1. The first-order chi connectivity index (χ1) is 9.58. The molecule has 0 spiro atoms. The summed E-state index contributed by atoms with van der Waals surface area (Å²) in [6.07, 6.45) is 4.05. The fraction of sp³-hybridized carbons (Fsp3) is 0.500. The summed E-state index contributed by atoms with van der Waals surface area (Å²) in [4.78, 5) is 0.410. The van der Waals surface area contributed by atoms with E-state index in [1.54, 1.807) is 18.2 Å². The summed E-state index contributed by atoms with van der Waals surface area (Å²) in [5.41, 5.74) is 1.07. The minimum atomic E-state index is -3.57. The molecular formula is C12H14BrN3O2S2. The minimum Gasteiger partial charge on any atom is -0.207 e. The number of fused-ring (bicyclic) bond motifs is 1. The third-order valence-corrected chi connectivity index (χ3v) is 6.69. The lowest BCUT2D eigenvalue weighted by molar-refractivity contribution is 0.427. The highest BCUT2D eigenvalue weighted by Gasteiger charge is 2.30. The first-order valence-electron chi connectivity index (χ1n) is 6.45. The van der Waals surface area contributed by atoms with E-state index in [9.17, 15) is 8.42 Å². The van der Waals surface area contributed by atoms with Crippen molar-refractivity contribution < 1.29 is 8.42 Å². The molecule has 0 radical (unpaired) electrons. The van der Waals surface area contributed by atoms with Crippen LogP contribution in [0.4, 0.5) is 11.4 Å². The molecule has 1 aliphatic carbocycles. The maximum absolute atomic E-state index is 12.6. The van der Waals surface area contributed by atoms with Crippen LogP contribution in [0.5, 0.6) is 0 Å². The van der Waals surface area contributed by atoms with E-state index in [0.29, 0.717) is 11.4 Å². The van der Waals surface area contributed by atoms with Crippen LogP contribution in [0.15, 0.2) is 31.8 Å². The van der Waals surface area contributed by atoms with Gasteiger partial charge in [0, 0.05) is 10.9 Å². The number of nitrogens with zero attached hydrogens (tertiary/aromatic N) is 2. The van der Waals surface area contributed by atoms with Gasteiger partial charge >= 0.3 is 0 Å². The molecule has 0 saturated heterocycles. The Hall–Kier alpha value is -0.570. The van der Waals surface area contributed by atoms with Crippen LogP contribution in [0, 0.1) is 0 Å². The van der Waals surface area contributed by atoms with Crippen LogP contribution < -0.4 is 4.72 Å². The van der Waals surface area contributed by atoms with Gasteiger partial charge in [0.15, 0.2) is 0 Å². The third kappa shape index (κ3) is 2.74. The van der Waals surface area contributed by atoms with Crippen molar-refractivity contribution in [3.63, 3.8) is 0 Å². The molecule has 1 saturated carbocycles. The fourth-order valence-corrected chi connectivity index (χ4v) is 5.45. The zero-order valence-electron chi connectivity index (χ0n) is 10.6. The Morgan fingerprint density at radius 3 is 2.85 bits per heavy atom. The van der Waals surface area contributed by atoms with Gasteiger partial charge in [0.2, 0.25) is 10.0 Å². The van der Waals surface area contributed by atoms with Gasteiger partial charge in [-0.1, -0.05) is 34.8 Å². The molecule has 5 nitrogen and oxygen atoms in total. The molecule has 108 valence electrons. The van der Waals surface area contributed by atoms with Crippen molar-refractivity contribution in [3.05, 3.63) is 18.2 Å². The van der Waals surface area contributed by atoms with Crippen LogP contribution in [-0.2, 0) is 21.4 Å². The number of alkyl halides is 1. The topological polar surface area (TPSA) is 70.9 Å². The predicted molar refractivity (Wildman–Crippen MR) is 83.3 cm³/mol. The Bertz CT molecular complexity index is 699. The second-order valence-electron chi connectivity index (χ2n) is 4.92. The minimum absolute atomic E-state index is 0.0596. The molecular weight excluding hydrogens is 362 g/mol. The smallest absolute Gasteiger partial charge is 0.207 e. The molecule has 2 unspecified atom stereocenters. The van der Waals surface area contributed by atoms with E-state index in [-0.39, 0.29) is 15.8 Å². The van der Waals surface area contributed by atoms with Crippen molar-refractivity contribution in [2.75, 3.05) is 0 Å². The molecule has 0 bridgehead atoms. The Labute approximate surface area is 130 Å². The normalized spacial score (nSPS) is 25.2. The van der Waals surface area contributed by atoms with Crippen molar-refractivity contribution in [1.82, 2.24) is 4.72 Å². The molecule has 3 rings (SSSR count). The summed E-state index contributed by atoms with van der Waals surface area (Å²) in [6.45, 7) is 0. The number of hydrogen-bond acceptors (Lipinski definition) is 4. The van der Waals surface area contributed by atoms with Gasteiger partial charge in [0.1, 0.15) is 16.3 Å². The Kier molecular flexibility index (Phi) is 4.07. The summed E-state index contributed by atoms with van der Waals surface area (Å²) in [5.74, 6) is 0. The average molecular weight is 376 g/mol. The van der Waals surface area contributed by atoms with Crippen LogP contribution >= 0.6 is 15.9 Å². The van der Waals surface area contributed by atoms with E-state index in [4.69, 9.17) is 0 Å². The number of benzene rings is 1. The highest BCUT2D eigenvalue weighted by Crippen LogP contribution is 2.37. The molecule has 1 aliphatic heterocycles. The van der Waals surface area contributed by atoms with E-state index in [2.05, 4.69) is 29.4 Å². The summed E-state index contributed by atoms with van der Waals surface area (Å²) >= 11 is 4.60. The lowest BCUT2D eigenvalue weighted by Gasteiger charge is -2.28. The lowest BCUT2D eigenvalue weighted by Crippen LogP contribution is -2.42. The van der Waals surface area contributed by atoms with E-state index in [1.807, 2.05) is 0 Å². The molecule has 0 amide bonds. The van der Waals surface area contributed by atoms with Crippen LogP contribution in [0.3, 0.4) is 0 Å². The zero-order chi connectivity index (χ0) is 14.2. The van der Waals surface area contributed by atoms with Crippen molar-refractivity contribution in [1.29, 1.82) is 0 Å². The predicted octanol–water partition coefficient (Wildman–Crippen LogP) is 3.40. The molecule has 1 aromatic carbocycles. The van der Waals surface area contributed by atoms with Gasteiger partial charge in [-0.3, -0.25) is 0 Å². The maximum atomic E-state index is 12.6. The second-order valence-corrected chi connectivity index (χ2v) is 8.30. The molecule has 1 fully saturated rings. The van der Waals surface area contributed by atoms with Crippen molar-refractivity contribution in [3.8, 4) is 0 Å². The summed E-state index contributed by atoms with van der Waals surface area (Å²) in [6, 6.07) is 4.99. The number of halogens is 1. The van der Waals surface area contributed by atoms with Crippen LogP contribution in [0.1, 0.15) is 25.7 Å². The van der Waals surface area contributed by atoms with Gasteiger partial charge in [-0.15, -0.1) is 0 Å². The van der Waals surface area contributed by atoms with Crippen molar-refractivity contribution in [2.24, 2.45) is 8.73 Å². The summed E-state index contributed by atoms with van der Waals surface area (Å²) in [5, 5.41) is 0. The number of nitrogens with one attached hydrogen (secondary N) is 1. The second kappa shape index (κ2) is 5.67. The number of hydrogen-bond donors (Lipinski definition) is 1. The quantitative estimate of drug-likeness (QED) is 0.834. The largest absolute Gasteiger partial charge is 0.243 e. The summed E-state index contributed by atoms with van der Waals surface area (Å²) in [7, 11) is -3.57. The van der Waals surface area contributed by atoms with Gasteiger partial charge in [-0.2, -0.15) is 8.73 Å². The standard InChI is InChI=1S/C12H14BrN3O2S2/c13-8-4-1-2-5-9(8)16-20(17,18)11-7-3-6-10-12(11)15-19-14-10/h3,6-9,16H,1-2,4-5H2. The van der Waals surface area contributed by atoms with Crippen LogP contribution in [-0.4, -0.2) is 19.3 Å². The molecule has 1 aromatic rings. The van der Waals surface area contributed by atoms with Gasteiger partial charge in [0.05, 0.1) is 11.4 Å². The average Bonchev–Trinajstić information content (AvgIpc) is 2.89. The fourth-order valence-electron chi connectivity index (χ4n) is 2.48. The first kappa shape index (κ1) is 14.4. The molecule has 8 heteroatoms. The Morgan fingerprint density at radius 2 is 2.05 bits per heavy atom. The Morgan fingerprint density at radius 1 is 1.25 bits per heavy atom. The van der Waals surface area contributed by atoms with Crippen molar-refractivity contribution >= 4 is 48.7 Å². The SMILES string of the molecule is O=S(=O)(NC1CCCCC1Br)c1cccc2c1N=S=N2. The van der Waals surface area contributed by atoms with Gasteiger partial charge < -0.3 is 0 Å². The van der Waals surface area contributed by atoms with Crippen LogP contribution in [0.2, 0.25) is 0 Å². The monoisotopic (exact) mass is 375 g/mol. The van der Waals surface area contributed by atoms with Crippen LogP contribution in [0.25, 0.3) is 0 Å². The van der Waals surface area contributed by atoms with Gasteiger partial charge in [-0.05, 0) is 25.0 Å². The van der Waals surface area contributed by atoms with E-state index in [0.717, 1.165) is 37.0 Å². The molecule has 1 heterocycles. The highest BCUT2D eigenvalue weighted by molar-refractivity contribution is 9.09. The molecule has 1 N–H and O–H groups in total. The molecule has 2 aliphatic rings. The first-order valence-corrected chi connectivity index (χ1v) is 9.58. The zero-order valence-corrected chi connectivity index (χ0v) is 13.8. The maximum Gasteiger partial charge on any atom is 0.243 e. The highest BCUT2D eigenvalue weighted by atomic mass is 79.9. The van der Waals surface area contributed by atoms with E-state index >= 15 is 0 Å². The van der Waals surface area contributed by atoms with E-state index < -0.39 is 10.0 Å². The molecule has 20 heavy (non-hydrogen) atoms. The molecule has 0 aromatic heterocycles. The van der Waals surface area contributed by atoms with Gasteiger partial charge in [-0.25, -0.2) is 13.1 Å². The number of rotatable bonds is 3. The third-order valence-electron chi connectivity index (χ3n) is 3.53. The Balaban J connectivity index is 1.89.